The van der Waals surface area contributed by atoms with E-state index >= 15 is 0 Å². The molecule has 0 N–H and O–H groups in total. The van der Waals surface area contributed by atoms with Crippen molar-refractivity contribution in [1.29, 1.82) is 0 Å². The van der Waals surface area contributed by atoms with Gasteiger partial charge in [-0.2, -0.15) is 0 Å². The Balaban J connectivity index is 0.000000631. The predicted octanol–water partition coefficient (Wildman–Crippen LogP) is 5.44. The zero-order valence-corrected chi connectivity index (χ0v) is 15.5. The molecule has 0 saturated heterocycles. The van der Waals surface area contributed by atoms with Gasteiger partial charge in [-0.25, -0.2) is 0 Å². The van der Waals surface area contributed by atoms with Crippen LogP contribution in [0.3, 0.4) is 0 Å². The van der Waals surface area contributed by atoms with Crippen molar-refractivity contribution in [2.45, 2.75) is 40.5 Å². The number of hydrogen-bond donors (Lipinski definition) is 0. The molecule has 5 heteroatoms. The second-order valence-corrected chi connectivity index (χ2v) is 12.0. The summed E-state index contributed by atoms with van der Waals surface area (Å²) >= 11 is -1.92. The van der Waals surface area contributed by atoms with Gasteiger partial charge in [0.2, 0.25) is 0 Å². The molecule has 1 aliphatic carbocycles. The van der Waals surface area contributed by atoms with Crippen LogP contribution in [0.2, 0.25) is 0 Å². The summed E-state index contributed by atoms with van der Waals surface area (Å²) in [6.07, 6.45) is 2.28. The minimum absolute atomic E-state index is 0.863. The molecule has 0 aromatic heterocycles. The van der Waals surface area contributed by atoms with Gasteiger partial charge < -0.3 is 4.74 Å². The molecule has 1 rings (SSSR count). The van der Waals surface area contributed by atoms with Crippen LogP contribution in [0.15, 0.2) is 0 Å². The monoisotopic (exact) mass is 346 g/mol. The number of ether oxygens (including phenoxy) is 1. The number of hydrogen-bond acceptors (Lipinski definition) is 1. The van der Waals surface area contributed by atoms with E-state index in [1.54, 1.807) is 7.11 Å². The molecule has 1 saturated carbocycles. The van der Waals surface area contributed by atoms with E-state index < -0.39 is 14.7 Å². The summed E-state index contributed by atoms with van der Waals surface area (Å²) in [5, 5.41) is 0. The van der Waals surface area contributed by atoms with E-state index in [0.717, 1.165) is 19.4 Å². The molecule has 103 valence electrons. The Kier molecular flexibility index (Phi) is 11.2. The maximum atomic E-state index is 5.08. The average Bonchev–Trinajstić information content (AvgIpc) is 2.46. The molecule has 0 atom stereocenters. The van der Waals surface area contributed by atoms with Gasteiger partial charge in [-0.3, -0.25) is 0 Å². The molecular weight excluding hydrogens is 326 g/mol. The Hall–Kier alpha value is 1.54. The Morgan fingerprint density at radius 2 is 1.28 bits per heavy atom. The number of methoxy groups -OCH3 is 1. The first-order valence-corrected chi connectivity index (χ1v) is 12.3. The molecule has 1 fully saturated rings. The zero-order chi connectivity index (χ0) is 14.3. The van der Waals surface area contributed by atoms with Gasteiger partial charge >= 0.3 is 42.6 Å². The molecule has 0 heterocycles. The molecule has 0 bridgehead atoms. The first-order valence-electron chi connectivity index (χ1n) is 5.87. The molecule has 0 unspecified atom stereocenters. The minimum atomic E-state index is -1.92. The van der Waals surface area contributed by atoms with E-state index in [2.05, 4.69) is 27.7 Å². The van der Waals surface area contributed by atoms with Gasteiger partial charge in [-0.15, -0.1) is 0 Å². The number of halogens is 3. The van der Waals surface area contributed by atoms with E-state index in [1.807, 2.05) is 0 Å². The molecule has 1 aliphatic rings. The van der Waals surface area contributed by atoms with Crippen molar-refractivity contribution >= 4 is 27.9 Å². The summed E-state index contributed by atoms with van der Waals surface area (Å²) < 4.78 is 5.08. The first-order chi connectivity index (χ1) is 8.32. The summed E-state index contributed by atoms with van der Waals surface area (Å²) in [5.41, 5.74) is 0. The van der Waals surface area contributed by atoms with Gasteiger partial charge in [0.15, 0.2) is 0 Å². The summed E-state index contributed by atoms with van der Waals surface area (Å²) in [5.74, 6) is 7.44. The van der Waals surface area contributed by atoms with E-state index in [0.29, 0.717) is 0 Å². The SMILES string of the molecule is COCCC[C]1[C](C)[C](C)[C](C)[C]1C.[Cl][Ti+]([Cl])[Cl]. The van der Waals surface area contributed by atoms with Crippen LogP contribution in [0.5, 0.6) is 0 Å². The van der Waals surface area contributed by atoms with Gasteiger partial charge in [0.25, 0.3) is 0 Å². The second-order valence-electron chi connectivity index (χ2n) is 4.29. The van der Waals surface area contributed by atoms with Gasteiger partial charge in [0, 0.05) is 13.7 Å². The summed E-state index contributed by atoms with van der Waals surface area (Å²) in [4.78, 5) is 0. The topological polar surface area (TPSA) is 9.23 Å². The van der Waals surface area contributed by atoms with Crippen molar-refractivity contribution in [2.24, 2.45) is 0 Å². The van der Waals surface area contributed by atoms with Crippen LogP contribution < -0.4 is 0 Å². The van der Waals surface area contributed by atoms with Gasteiger partial charge in [-0.1, -0.05) is 27.7 Å². The third-order valence-corrected chi connectivity index (χ3v) is 3.37. The molecule has 0 amide bonds. The Labute approximate surface area is 130 Å². The van der Waals surface area contributed by atoms with Gasteiger partial charge in [-0.05, 0) is 42.4 Å². The van der Waals surface area contributed by atoms with Gasteiger partial charge in [0.05, 0.1) is 0 Å². The van der Waals surface area contributed by atoms with Crippen LogP contribution in [-0.4, -0.2) is 13.7 Å². The Morgan fingerprint density at radius 3 is 1.61 bits per heavy atom. The Bertz CT molecular complexity index is 200. The van der Waals surface area contributed by atoms with E-state index in [9.17, 15) is 0 Å². The van der Waals surface area contributed by atoms with E-state index in [4.69, 9.17) is 32.7 Å². The predicted molar refractivity (Wildman–Crippen MR) is 77.6 cm³/mol. The number of rotatable bonds is 4. The van der Waals surface area contributed by atoms with Crippen LogP contribution in [0, 0.1) is 29.6 Å². The fourth-order valence-electron chi connectivity index (χ4n) is 2.06. The molecule has 0 aliphatic heterocycles. The van der Waals surface area contributed by atoms with E-state index in [1.165, 1.54) is 29.6 Å². The van der Waals surface area contributed by atoms with Crippen molar-refractivity contribution in [1.82, 2.24) is 0 Å². The standard InChI is InChI=1S/C13H21O.3ClH.Ti/c1-9-10(2)12(4)13(11(9)3)7-6-8-14-5;;;;/h6-8H2,1-5H3;3*1H;/q;;;;+4/p-3. The molecule has 18 heavy (non-hydrogen) atoms. The fourth-order valence-corrected chi connectivity index (χ4v) is 2.06. The van der Waals surface area contributed by atoms with Crippen molar-refractivity contribution < 1.29 is 19.4 Å². The van der Waals surface area contributed by atoms with Crippen LogP contribution >= 0.6 is 27.9 Å². The third-order valence-electron chi connectivity index (χ3n) is 3.37. The Morgan fingerprint density at radius 1 is 0.889 bits per heavy atom. The van der Waals surface area contributed by atoms with E-state index in [-0.39, 0.29) is 0 Å². The van der Waals surface area contributed by atoms with Crippen LogP contribution in [0.1, 0.15) is 40.5 Å². The molecule has 5 radical (unpaired) electrons. The van der Waals surface area contributed by atoms with Crippen LogP contribution in [-0.2, 0) is 19.4 Å². The molecule has 0 spiro atoms. The summed E-state index contributed by atoms with van der Waals surface area (Å²) in [7, 11) is 16.7. The average molecular weight is 348 g/mol. The summed E-state index contributed by atoms with van der Waals surface area (Å²) in [6, 6.07) is 0. The second kappa shape index (κ2) is 10.3. The molecular formula is C13H21Cl3OTi+. The zero-order valence-electron chi connectivity index (χ0n) is 11.7. The molecule has 0 aromatic rings. The molecule has 0 aromatic carbocycles. The van der Waals surface area contributed by atoms with Crippen molar-refractivity contribution in [3.8, 4) is 0 Å². The quantitative estimate of drug-likeness (QED) is 0.486. The van der Waals surface area contributed by atoms with Crippen molar-refractivity contribution in [3.63, 3.8) is 0 Å². The third kappa shape index (κ3) is 6.82. The maximum absolute atomic E-state index is 5.08. The van der Waals surface area contributed by atoms with Gasteiger partial charge in [0.1, 0.15) is 0 Å². The fraction of sp³-hybridized carbons (Fsp3) is 0.615. The van der Waals surface area contributed by atoms with Crippen LogP contribution in [0.25, 0.3) is 0 Å². The normalized spacial score (nSPS) is 20.0. The first kappa shape index (κ1) is 19.5. The van der Waals surface area contributed by atoms with Crippen molar-refractivity contribution in [2.75, 3.05) is 13.7 Å². The summed E-state index contributed by atoms with van der Waals surface area (Å²) in [6.45, 7) is 9.77. The van der Waals surface area contributed by atoms with Crippen molar-refractivity contribution in [3.05, 3.63) is 29.6 Å². The molecule has 1 nitrogen and oxygen atoms in total. The van der Waals surface area contributed by atoms with Crippen LogP contribution in [0.4, 0.5) is 0 Å².